The second kappa shape index (κ2) is 27.5. The Morgan fingerprint density at radius 1 is 0.890 bits per heavy atom. The van der Waals surface area contributed by atoms with Crippen LogP contribution in [0.3, 0.4) is 0 Å². The Bertz CT molecular complexity index is 2150. The van der Waals surface area contributed by atoms with Crippen molar-refractivity contribution < 1.29 is 57.9 Å². The van der Waals surface area contributed by atoms with Crippen LogP contribution in [0.4, 0.5) is 0 Å². The van der Waals surface area contributed by atoms with Crippen molar-refractivity contribution in [3.63, 3.8) is 0 Å². The fraction of sp³-hybridized carbons (Fsp3) is 0.732. The number of aliphatic hydroxyl groups is 2. The Labute approximate surface area is 434 Å². The van der Waals surface area contributed by atoms with Crippen LogP contribution in [-0.4, -0.2) is 155 Å². The van der Waals surface area contributed by atoms with E-state index in [2.05, 4.69) is 10.3 Å². The zero-order chi connectivity index (χ0) is 53.7. The quantitative estimate of drug-likeness (QED) is 0.150. The number of fused-ring (bicyclic) bond motifs is 3. The zero-order valence-electron chi connectivity index (χ0n) is 45.7. The maximum absolute atomic E-state index is 14.6. The first-order valence-electron chi connectivity index (χ1n) is 26.7. The maximum atomic E-state index is 14.6. The minimum atomic E-state index is -2.43. The highest BCUT2D eigenvalue weighted by Gasteiger charge is 2.53. The monoisotopic (exact) mass is 1020 g/mol. The first-order valence-corrected chi connectivity index (χ1v) is 26.7. The molecule has 1 amide bonds. The maximum Gasteiger partial charge on any atom is 0.329 e. The number of hydrogen-bond acceptors (Lipinski definition) is 15. The van der Waals surface area contributed by atoms with Gasteiger partial charge in [0.2, 0.25) is 5.79 Å². The van der Waals surface area contributed by atoms with E-state index < -0.39 is 77.8 Å². The third-order valence-electron chi connectivity index (χ3n) is 15.9. The summed E-state index contributed by atoms with van der Waals surface area (Å²) < 4.78 is 32.0. The second-order valence-corrected chi connectivity index (χ2v) is 22.0. The van der Waals surface area contributed by atoms with Gasteiger partial charge in [0.25, 0.3) is 11.7 Å². The van der Waals surface area contributed by atoms with Crippen molar-refractivity contribution in [3.8, 4) is 0 Å². The third-order valence-corrected chi connectivity index (χ3v) is 15.9. The van der Waals surface area contributed by atoms with Crippen molar-refractivity contribution in [2.75, 3.05) is 42.0 Å². The fourth-order valence-corrected chi connectivity index (χ4v) is 11.3. The number of rotatable bonds is 9. The summed E-state index contributed by atoms with van der Waals surface area (Å²) in [6.07, 6.45) is 14.4. The number of amides is 1. The topological polar surface area (TPSA) is 209 Å². The van der Waals surface area contributed by atoms with E-state index >= 15 is 0 Å². The average Bonchev–Trinajstić information content (AvgIpc) is 3.82. The van der Waals surface area contributed by atoms with Gasteiger partial charge in [0.05, 0.1) is 36.2 Å². The number of aromatic nitrogens is 3. The molecule has 2 N–H and O–H groups in total. The largest absolute Gasteiger partial charge is 0.460 e. The van der Waals surface area contributed by atoms with Crippen molar-refractivity contribution >= 4 is 29.2 Å². The van der Waals surface area contributed by atoms with Gasteiger partial charge >= 0.3 is 5.97 Å². The Balaban J connectivity index is 1.45. The lowest BCUT2D eigenvalue weighted by atomic mass is 9.77. The van der Waals surface area contributed by atoms with Crippen molar-refractivity contribution in [1.82, 2.24) is 24.8 Å². The number of piperidine rings is 1. The highest BCUT2D eigenvalue weighted by atomic mass is 16.6. The third kappa shape index (κ3) is 15.7. The second-order valence-electron chi connectivity index (χ2n) is 22.0. The molecule has 1 aromatic rings. The number of methoxy groups -OCH3 is 3. The smallest absolute Gasteiger partial charge is 0.329 e. The molecule has 15 atom stereocenters. The van der Waals surface area contributed by atoms with Gasteiger partial charge in [-0.15, -0.1) is 5.10 Å². The molecule has 3 fully saturated rings. The zero-order valence-corrected chi connectivity index (χ0v) is 45.7. The van der Waals surface area contributed by atoms with E-state index in [0.717, 1.165) is 24.1 Å². The van der Waals surface area contributed by atoms with Gasteiger partial charge in [-0.25, -0.2) is 9.48 Å². The number of ketones is 3. The van der Waals surface area contributed by atoms with E-state index in [1.807, 2.05) is 87.9 Å². The van der Waals surface area contributed by atoms with Gasteiger partial charge in [-0.2, -0.15) is 0 Å². The summed E-state index contributed by atoms with van der Waals surface area (Å²) in [6, 6.07) is -1.16. The molecule has 1 aliphatic carbocycles. The molecule has 5 rings (SSSR count). The highest BCUT2D eigenvalue weighted by molar-refractivity contribution is 6.39. The minimum absolute atomic E-state index is 0.0161. The van der Waals surface area contributed by atoms with Crippen molar-refractivity contribution in [3.05, 3.63) is 59.5 Å². The van der Waals surface area contributed by atoms with E-state index in [0.29, 0.717) is 63.5 Å². The number of carbonyl (C=O) groups excluding carboxylic acids is 5. The molecule has 1 aromatic heterocycles. The molecule has 408 valence electrons. The number of carbonyl (C=O) groups is 5. The molecule has 2 bridgehead atoms. The van der Waals surface area contributed by atoms with Gasteiger partial charge in [0, 0.05) is 65.0 Å². The lowest BCUT2D eigenvalue weighted by molar-refractivity contribution is -0.265. The van der Waals surface area contributed by atoms with Crippen molar-refractivity contribution in [1.29, 1.82) is 0 Å². The summed E-state index contributed by atoms with van der Waals surface area (Å²) in [7, 11) is 8.62. The fourth-order valence-electron chi connectivity index (χ4n) is 11.3. The number of hydrogen-bond donors (Lipinski definition) is 2. The Morgan fingerprint density at radius 3 is 2.32 bits per heavy atom. The van der Waals surface area contributed by atoms with E-state index in [4.69, 9.17) is 23.7 Å². The van der Waals surface area contributed by atoms with Gasteiger partial charge < -0.3 is 43.7 Å². The van der Waals surface area contributed by atoms with Gasteiger partial charge in [0.15, 0.2) is 5.78 Å². The van der Waals surface area contributed by atoms with Crippen LogP contribution in [0.15, 0.2) is 53.8 Å². The lowest BCUT2D eigenvalue weighted by Crippen LogP contribution is -2.61. The molecule has 2 saturated heterocycles. The van der Waals surface area contributed by atoms with Gasteiger partial charge in [-0.3, -0.25) is 19.2 Å². The summed E-state index contributed by atoms with van der Waals surface area (Å²) in [4.78, 5) is 74.7. The molecule has 73 heavy (non-hydrogen) atoms. The number of cyclic esters (lactones) is 1. The normalized spacial score (nSPS) is 37.4. The molecule has 0 radical (unpaired) electrons. The molecule has 17 heteroatoms. The van der Waals surface area contributed by atoms with Gasteiger partial charge in [-0.1, -0.05) is 76.3 Å². The van der Waals surface area contributed by atoms with E-state index in [1.54, 1.807) is 41.1 Å². The first-order chi connectivity index (χ1) is 34.6. The summed E-state index contributed by atoms with van der Waals surface area (Å²) in [5.74, 6) is -7.90. The molecule has 0 spiro atoms. The van der Waals surface area contributed by atoms with Gasteiger partial charge in [0.1, 0.15) is 30.1 Å². The van der Waals surface area contributed by atoms with Crippen molar-refractivity contribution in [2.24, 2.45) is 35.5 Å². The van der Waals surface area contributed by atoms with Crippen LogP contribution in [0.1, 0.15) is 137 Å². The van der Waals surface area contributed by atoms with Crippen LogP contribution < -0.4 is 0 Å². The van der Waals surface area contributed by atoms with Crippen LogP contribution in [0, 0.1) is 35.5 Å². The molecule has 17 nitrogen and oxygen atoms in total. The van der Waals surface area contributed by atoms with Crippen LogP contribution >= 0.6 is 0 Å². The summed E-state index contributed by atoms with van der Waals surface area (Å²) in [6.45, 7) is 13.5. The van der Waals surface area contributed by atoms with Crippen LogP contribution in [-0.2, 0) is 54.2 Å². The lowest BCUT2D eigenvalue weighted by Gasteiger charge is -2.42. The highest BCUT2D eigenvalue weighted by Crippen LogP contribution is 2.40. The molecule has 0 unspecified atom stereocenters. The molecule has 1 saturated carbocycles. The molecule has 0 aromatic carbocycles. The number of aliphatic hydroxyl groups excluding tert-OH is 1. The van der Waals surface area contributed by atoms with Crippen LogP contribution in [0.2, 0.25) is 0 Å². The Morgan fingerprint density at radius 2 is 1.63 bits per heavy atom. The van der Waals surface area contributed by atoms with Crippen LogP contribution in [0.5, 0.6) is 0 Å². The Hall–Kier alpha value is -4.23. The standard InChI is InChI=1S/C56H87N5O12/c1-34-18-14-13-15-19-35(2)47(69-10)30-43-23-21-40(7)56(68,73-43)53(65)54(66)60-25-17-16-20-45(60)55(67)72-48(31-46(62)36(3)27-39(6)51(64)52(71-12)50(63)38(5)26-34)37(4)28-41-22-24-44(49(29-41)70-11)61-33-42(57-58-61)32-59(8)9/h13-15,18-19,27,33-34,36-38,40-41,43-45,47-49,51-52,64,68H,16-17,20-26,28-32H2,1-12H3/b15-13+,18-14+,35-19+,39-27+/t34-,36-,37-,38-,40-,41+,43+,44+,45+,47+,48+,49-,51-,52+,56-/m1/s1. The predicted molar refractivity (Wildman–Crippen MR) is 276 cm³/mol. The summed E-state index contributed by atoms with van der Waals surface area (Å²) >= 11 is 0. The first kappa shape index (κ1) is 59.6. The number of ether oxygens (including phenoxy) is 5. The van der Waals surface area contributed by atoms with Crippen LogP contribution in [0.25, 0.3) is 0 Å². The number of esters is 1. The predicted octanol–water partition coefficient (Wildman–Crippen LogP) is 6.71. The van der Waals surface area contributed by atoms with E-state index in [1.165, 1.54) is 12.0 Å². The molecule has 4 heterocycles. The SMILES string of the molecule is CO[C@H]1C[C@@H]2CC[C@@H](C)[C@@](O)(O2)C(=O)C(=O)N2CCCC[C@H]2C(=O)O[C@H]([C@H](C)C[C@@H]2CC[C@H](n3cc(CN(C)C)nn3)[C@H](OC)C2)CC(=O)[C@H](C)/C=C(\C)[C@@H](O)[C@@H](OC)C(=O)[C@H](C)C[C@H](C)/C=C/C=C/C=C/1C. The summed E-state index contributed by atoms with van der Waals surface area (Å²) in [5, 5.41) is 32.4. The van der Waals surface area contributed by atoms with E-state index in [-0.39, 0.29) is 60.9 Å². The summed E-state index contributed by atoms with van der Waals surface area (Å²) in [5.41, 5.74) is 2.14. The number of allylic oxidation sites excluding steroid dienone is 6. The average molecular weight is 1020 g/mol. The van der Waals surface area contributed by atoms with E-state index in [9.17, 15) is 34.2 Å². The number of nitrogens with zero attached hydrogens (tertiary/aromatic N) is 5. The minimum Gasteiger partial charge on any atom is -0.460 e. The van der Waals surface area contributed by atoms with Crippen molar-refractivity contribution in [2.45, 2.75) is 187 Å². The van der Waals surface area contributed by atoms with Gasteiger partial charge in [-0.05, 0) is 121 Å². The molecular weight excluding hydrogens is 935 g/mol. The Kier molecular flexibility index (Phi) is 22.5. The molecule has 3 aliphatic heterocycles. The molecule has 4 aliphatic rings. The number of Topliss-reactive ketones (excluding diaryl/α,β-unsaturated/α-hetero) is 3. The molecular formula is C56H87N5O12.